The lowest BCUT2D eigenvalue weighted by Crippen LogP contribution is -2.35. The molecule has 0 saturated carbocycles. The Hall–Kier alpha value is -1.69. The van der Waals surface area contributed by atoms with Gasteiger partial charge in [0.25, 0.3) is 0 Å². The summed E-state index contributed by atoms with van der Waals surface area (Å²) in [6.45, 7) is 5.12. The Morgan fingerprint density at radius 1 is 1.33 bits per heavy atom. The van der Waals surface area contributed by atoms with Crippen LogP contribution in [0.1, 0.15) is 31.1 Å². The number of aromatic nitrogens is 1. The van der Waals surface area contributed by atoms with E-state index < -0.39 is 11.7 Å². The van der Waals surface area contributed by atoms with Crippen molar-refractivity contribution in [3.8, 4) is 5.88 Å². The van der Waals surface area contributed by atoms with Gasteiger partial charge in [0.15, 0.2) is 5.88 Å². The van der Waals surface area contributed by atoms with Crippen LogP contribution in [-0.4, -0.2) is 16.2 Å². The molecule has 21 heavy (non-hydrogen) atoms. The number of hydrogen-bond acceptors (Lipinski definition) is 2. The molecule has 2 heterocycles. The molecule has 1 aliphatic heterocycles. The molecule has 3 nitrogen and oxygen atoms in total. The van der Waals surface area contributed by atoms with Gasteiger partial charge in [-0.3, -0.25) is 0 Å². The van der Waals surface area contributed by atoms with Gasteiger partial charge in [0, 0.05) is 24.2 Å². The van der Waals surface area contributed by atoms with E-state index in [0.29, 0.717) is 18.5 Å². The normalized spacial score (nSPS) is 19.2. The van der Waals surface area contributed by atoms with Gasteiger partial charge in [0.05, 0.1) is 17.0 Å². The van der Waals surface area contributed by atoms with Crippen LogP contribution < -0.4 is 5.32 Å². The molecular weight excluding hydrogens is 281 g/mol. The molecule has 0 radical (unpaired) electrons. The van der Waals surface area contributed by atoms with Crippen molar-refractivity contribution in [3.63, 3.8) is 0 Å². The first-order chi connectivity index (χ1) is 9.82. The fraction of sp³-hybridized carbons (Fsp3) is 0.467. The van der Waals surface area contributed by atoms with Crippen molar-refractivity contribution in [2.75, 3.05) is 6.54 Å². The smallest absolute Gasteiger partial charge is 0.417 e. The maximum atomic E-state index is 13.2. The Morgan fingerprint density at radius 3 is 2.67 bits per heavy atom. The topological polar surface area (TPSA) is 37.2 Å². The molecule has 1 atom stereocenters. The summed E-state index contributed by atoms with van der Waals surface area (Å²) in [5.41, 5.74) is -0.0308. The quantitative estimate of drug-likeness (QED) is 0.843. The van der Waals surface area contributed by atoms with Gasteiger partial charge >= 0.3 is 6.18 Å². The Kier molecular flexibility index (Phi) is 3.16. The molecule has 0 unspecified atom stereocenters. The molecule has 1 aliphatic rings. The monoisotopic (exact) mass is 298 g/mol. The van der Waals surface area contributed by atoms with Crippen LogP contribution in [0, 0.1) is 5.92 Å². The number of halogens is 3. The molecule has 0 amide bonds. The highest BCUT2D eigenvalue weighted by Crippen LogP contribution is 2.44. The summed E-state index contributed by atoms with van der Waals surface area (Å²) < 4.78 is 41.2. The van der Waals surface area contributed by atoms with E-state index in [0.717, 1.165) is 11.8 Å². The first-order valence-electron chi connectivity index (χ1n) is 6.97. The Morgan fingerprint density at radius 2 is 2.05 bits per heavy atom. The van der Waals surface area contributed by atoms with Gasteiger partial charge in [-0.15, -0.1) is 0 Å². The maximum Gasteiger partial charge on any atom is 0.417 e. The lowest BCUT2D eigenvalue weighted by Gasteiger charge is -2.29. The molecular formula is C15H17F3N2O. The largest absolute Gasteiger partial charge is 0.494 e. The molecule has 1 aromatic carbocycles. The average molecular weight is 298 g/mol. The average Bonchev–Trinajstić information content (AvgIpc) is 2.71. The van der Waals surface area contributed by atoms with Crippen LogP contribution in [0.25, 0.3) is 10.8 Å². The molecule has 0 fully saturated rings. The Labute approximate surface area is 120 Å². The van der Waals surface area contributed by atoms with Crippen LogP contribution in [0.4, 0.5) is 13.2 Å². The van der Waals surface area contributed by atoms with Gasteiger partial charge < -0.3 is 15.0 Å². The minimum absolute atomic E-state index is 0.0642. The highest BCUT2D eigenvalue weighted by Gasteiger charge is 2.37. The third kappa shape index (κ3) is 2.09. The molecule has 2 aromatic rings. The summed E-state index contributed by atoms with van der Waals surface area (Å²) >= 11 is 0. The Balaban J connectivity index is 2.36. The number of hydrogen-bond donors (Lipinski definition) is 2. The number of benzene rings is 1. The van der Waals surface area contributed by atoms with Gasteiger partial charge in [-0.05, 0) is 12.0 Å². The number of aromatic hydroxyl groups is 1. The minimum atomic E-state index is -4.48. The second-order valence-corrected chi connectivity index (χ2v) is 5.76. The standard InChI is InChI=1S/C15H17F3N2O/c1-8(2)12-13-9-4-3-5-10(15(16,17)18)11(9)14(21)20(13)7-6-19-12/h3-5,8,12,19,21H,6-7H2,1-2H3/t12-/m0/s1. The van der Waals surface area contributed by atoms with Crippen LogP contribution in [0.5, 0.6) is 5.88 Å². The van der Waals surface area contributed by atoms with E-state index in [-0.39, 0.29) is 23.2 Å². The molecule has 1 aromatic heterocycles. The predicted octanol–water partition coefficient (Wildman–Crippen LogP) is 3.67. The van der Waals surface area contributed by atoms with Crippen molar-refractivity contribution in [1.82, 2.24) is 9.88 Å². The van der Waals surface area contributed by atoms with Crippen LogP contribution in [0.3, 0.4) is 0 Å². The number of rotatable bonds is 1. The number of fused-ring (bicyclic) bond motifs is 3. The summed E-state index contributed by atoms with van der Waals surface area (Å²) in [5, 5.41) is 14.0. The van der Waals surface area contributed by atoms with Crippen LogP contribution >= 0.6 is 0 Å². The summed E-state index contributed by atoms with van der Waals surface area (Å²) in [5.74, 6) is -0.0591. The van der Waals surface area contributed by atoms with Gasteiger partial charge in [-0.1, -0.05) is 26.0 Å². The summed E-state index contributed by atoms with van der Waals surface area (Å²) in [6.07, 6.45) is -4.48. The van der Waals surface area contributed by atoms with Gasteiger partial charge in [-0.2, -0.15) is 13.2 Å². The fourth-order valence-corrected chi connectivity index (χ4v) is 3.18. The SMILES string of the molecule is CC(C)[C@@H]1NCCn2c1c1cccc(C(F)(F)F)c1c2O. The van der Waals surface area contributed by atoms with Crippen LogP contribution in [-0.2, 0) is 12.7 Å². The van der Waals surface area contributed by atoms with Crippen molar-refractivity contribution in [2.24, 2.45) is 5.92 Å². The van der Waals surface area contributed by atoms with Crippen LogP contribution in [0.15, 0.2) is 18.2 Å². The van der Waals surface area contributed by atoms with Crippen molar-refractivity contribution in [2.45, 2.75) is 32.6 Å². The highest BCUT2D eigenvalue weighted by molar-refractivity contribution is 5.94. The van der Waals surface area contributed by atoms with E-state index in [1.807, 2.05) is 13.8 Å². The van der Waals surface area contributed by atoms with E-state index in [1.165, 1.54) is 6.07 Å². The van der Waals surface area contributed by atoms with Gasteiger partial charge in [0.2, 0.25) is 0 Å². The second-order valence-electron chi connectivity index (χ2n) is 5.76. The van der Waals surface area contributed by atoms with Crippen molar-refractivity contribution in [3.05, 3.63) is 29.5 Å². The molecule has 0 spiro atoms. The maximum absolute atomic E-state index is 13.2. The zero-order valence-corrected chi connectivity index (χ0v) is 11.8. The summed E-state index contributed by atoms with van der Waals surface area (Å²) in [6, 6.07) is 4.01. The third-order valence-electron chi connectivity index (χ3n) is 4.08. The first-order valence-corrected chi connectivity index (χ1v) is 6.97. The molecule has 2 N–H and O–H groups in total. The zero-order chi connectivity index (χ0) is 15.4. The first kappa shape index (κ1) is 14.3. The lowest BCUT2D eigenvalue weighted by atomic mass is 9.96. The zero-order valence-electron chi connectivity index (χ0n) is 11.8. The second kappa shape index (κ2) is 4.66. The van der Waals surface area contributed by atoms with E-state index in [2.05, 4.69) is 5.32 Å². The number of nitrogens with zero attached hydrogens (tertiary/aromatic N) is 1. The van der Waals surface area contributed by atoms with E-state index in [9.17, 15) is 18.3 Å². The molecule has 3 rings (SSSR count). The predicted molar refractivity (Wildman–Crippen MR) is 74.2 cm³/mol. The molecule has 114 valence electrons. The van der Waals surface area contributed by atoms with E-state index in [4.69, 9.17) is 0 Å². The molecule has 0 bridgehead atoms. The number of nitrogens with one attached hydrogen (secondary N) is 1. The van der Waals surface area contributed by atoms with Crippen molar-refractivity contribution >= 4 is 10.8 Å². The lowest BCUT2D eigenvalue weighted by molar-refractivity contribution is -0.136. The van der Waals surface area contributed by atoms with Crippen molar-refractivity contribution in [1.29, 1.82) is 0 Å². The molecule has 0 aliphatic carbocycles. The third-order valence-corrected chi connectivity index (χ3v) is 4.08. The summed E-state index contributed by atoms with van der Waals surface area (Å²) in [4.78, 5) is 0. The highest BCUT2D eigenvalue weighted by atomic mass is 19.4. The van der Waals surface area contributed by atoms with E-state index >= 15 is 0 Å². The van der Waals surface area contributed by atoms with Gasteiger partial charge in [-0.25, -0.2) is 0 Å². The fourth-order valence-electron chi connectivity index (χ4n) is 3.18. The molecule has 6 heteroatoms. The van der Waals surface area contributed by atoms with Crippen molar-refractivity contribution < 1.29 is 18.3 Å². The Bertz CT molecular complexity index is 688. The summed E-state index contributed by atoms with van der Waals surface area (Å²) in [7, 11) is 0. The van der Waals surface area contributed by atoms with E-state index in [1.54, 1.807) is 10.6 Å². The van der Waals surface area contributed by atoms with Gasteiger partial charge in [0.1, 0.15) is 0 Å². The molecule has 0 saturated heterocycles. The van der Waals surface area contributed by atoms with Crippen LogP contribution in [0.2, 0.25) is 0 Å². The minimum Gasteiger partial charge on any atom is -0.494 e. The number of alkyl halides is 3.